The molecule has 0 saturated heterocycles. The predicted molar refractivity (Wildman–Crippen MR) is 43.6 cm³/mol. The maximum atomic E-state index is 12.9. The first kappa shape index (κ1) is 14.9. The fourth-order valence-electron chi connectivity index (χ4n) is 1.01. The summed E-state index contributed by atoms with van der Waals surface area (Å²) in [4.78, 5) is -1.98. The first-order valence-electron chi connectivity index (χ1n) is 4.02. The highest BCUT2D eigenvalue weighted by atomic mass is 32.2. The minimum Gasteiger partial charge on any atom is -0.254 e. The third kappa shape index (κ3) is 2.79. The van der Waals surface area contributed by atoms with E-state index in [1.165, 1.54) is 0 Å². The van der Waals surface area contributed by atoms with Crippen LogP contribution in [0.15, 0.2) is 4.90 Å². The maximum absolute atomic E-state index is 12.9. The van der Waals surface area contributed by atoms with Crippen molar-refractivity contribution in [3.05, 3.63) is 29.1 Å². The van der Waals surface area contributed by atoms with Crippen molar-refractivity contribution in [1.29, 1.82) is 0 Å². The Hall–Kier alpha value is -1.19. The van der Waals surface area contributed by atoms with Crippen LogP contribution in [-0.2, 0) is 10.8 Å². The number of halogens is 8. The van der Waals surface area contributed by atoms with Crippen molar-refractivity contribution in [2.24, 2.45) is 0 Å². The summed E-state index contributed by atoms with van der Waals surface area (Å²) in [7, 11) is -3.43. The van der Waals surface area contributed by atoms with E-state index in [-0.39, 0.29) is 0 Å². The largest absolute Gasteiger partial charge is 0.400 e. The van der Waals surface area contributed by atoms with Gasteiger partial charge in [-0.1, -0.05) is 0 Å². The second-order valence-corrected chi connectivity index (χ2v) is 4.39. The van der Waals surface area contributed by atoms with E-state index >= 15 is 0 Å². The van der Waals surface area contributed by atoms with Gasteiger partial charge in [-0.2, -0.15) is 13.2 Å². The van der Waals surface area contributed by atoms with Crippen LogP contribution in [0.1, 0.15) is 0 Å². The van der Waals surface area contributed by atoms with E-state index < -0.39 is 56.7 Å². The van der Waals surface area contributed by atoms with Crippen LogP contribution in [0.3, 0.4) is 0 Å². The SMILES string of the molecule is O=S(CC(F)(F)F)c1c(F)c(F)c(F)c(F)c1F. The van der Waals surface area contributed by atoms with Crippen LogP contribution in [0.4, 0.5) is 35.1 Å². The van der Waals surface area contributed by atoms with Gasteiger partial charge in [-0.3, -0.25) is 4.21 Å². The van der Waals surface area contributed by atoms with Crippen LogP contribution in [0, 0.1) is 29.1 Å². The summed E-state index contributed by atoms with van der Waals surface area (Å²) in [5, 5.41) is 0. The summed E-state index contributed by atoms with van der Waals surface area (Å²) >= 11 is 0. The molecule has 18 heavy (non-hydrogen) atoms. The number of hydrogen-bond acceptors (Lipinski definition) is 1. The molecule has 0 radical (unpaired) electrons. The molecule has 0 heterocycles. The Kier molecular flexibility index (Phi) is 3.99. The lowest BCUT2D eigenvalue weighted by Gasteiger charge is -2.09. The molecular weight excluding hydrogens is 296 g/mol. The summed E-state index contributed by atoms with van der Waals surface area (Å²) in [6.45, 7) is 0. The van der Waals surface area contributed by atoms with Crippen LogP contribution in [0.25, 0.3) is 0 Å². The number of rotatable bonds is 2. The van der Waals surface area contributed by atoms with E-state index in [1.807, 2.05) is 0 Å². The molecule has 1 aromatic rings. The fraction of sp³-hybridized carbons (Fsp3) is 0.250. The van der Waals surface area contributed by atoms with Crippen molar-refractivity contribution in [3.63, 3.8) is 0 Å². The highest BCUT2D eigenvalue weighted by Crippen LogP contribution is 2.28. The fourth-order valence-corrected chi connectivity index (χ4v) is 2.03. The van der Waals surface area contributed by atoms with E-state index in [2.05, 4.69) is 0 Å². The van der Waals surface area contributed by atoms with Gasteiger partial charge in [0.05, 0.1) is 10.8 Å². The molecule has 1 nitrogen and oxygen atoms in total. The standard InChI is InChI=1S/C8H2F8OS/c9-2-3(10)5(12)7(6(13)4(2)11)18(17)1-8(14,15)16/h1H2. The molecule has 102 valence electrons. The Morgan fingerprint density at radius 2 is 1.11 bits per heavy atom. The lowest BCUT2D eigenvalue weighted by Crippen LogP contribution is -2.21. The Morgan fingerprint density at radius 3 is 1.44 bits per heavy atom. The molecule has 0 aromatic heterocycles. The summed E-state index contributed by atoms with van der Waals surface area (Å²) in [5.41, 5.74) is 0. The van der Waals surface area contributed by atoms with E-state index in [0.717, 1.165) is 0 Å². The smallest absolute Gasteiger partial charge is 0.254 e. The lowest BCUT2D eigenvalue weighted by atomic mass is 10.3. The molecule has 0 fully saturated rings. The highest BCUT2D eigenvalue weighted by molar-refractivity contribution is 7.85. The van der Waals surface area contributed by atoms with Gasteiger partial charge in [0.1, 0.15) is 10.6 Å². The molecule has 0 bridgehead atoms. The molecule has 0 aliphatic rings. The van der Waals surface area contributed by atoms with Crippen LogP contribution >= 0.6 is 0 Å². The second kappa shape index (κ2) is 4.82. The number of benzene rings is 1. The normalized spacial score (nSPS) is 13.8. The number of alkyl halides is 3. The van der Waals surface area contributed by atoms with Crippen molar-refractivity contribution in [2.75, 3.05) is 5.75 Å². The molecular formula is C8H2F8OS. The molecule has 0 spiro atoms. The Bertz CT molecular complexity index is 480. The van der Waals surface area contributed by atoms with Gasteiger partial charge in [0, 0.05) is 0 Å². The van der Waals surface area contributed by atoms with Crippen molar-refractivity contribution in [3.8, 4) is 0 Å². The zero-order chi connectivity index (χ0) is 14.2. The van der Waals surface area contributed by atoms with E-state index in [0.29, 0.717) is 0 Å². The van der Waals surface area contributed by atoms with Gasteiger partial charge in [0.15, 0.2) is 23.3 Å². The molecule has 0 amide bonds. The average molecular weight is 298 g/mol. The Labute approximate surface area is 96.9 Å². The van der Waals surface area contributed by atoms with Gasteiger partial charge >= 0.3 is 6.18 Å². The minimum atomic E-state index is -5.08. The Morgan fingerprint density at radius 1 is 0.778 bits per heavy atom. The minimum absolute atomic E-state index is 1.98. The first-order valence-corrected chi connectivity index (χ1v) is 5.34. The van der Waals surface area contributed by atoms with Crippen LogP contribution < -0.4 is 0 Å². The molecule has 1 aromatic carbocycles. The molecule has 1 rings (SSSR count). The molecule has 0 N–H and O–H groups in total. The highest BCUT2D eigenvalue weighted by Gasteiger charge is 2.36. The van der Waals surface area contributed by atoms with Crippen LogP contribution in [0.2, 0.25) is 0 Å². The quantitative estimate of drug-likeness (QED) is 0.466. The van der Waals surface area contributed by atoms with Crippen molar-refractivity contribution in [1.82, 2.24) is 0 Å². The van der Waals surface area contributed by atoms with Gasteiger partial charge in [-0.05, 0) is 0 Å². The topological polar surface area (TPSA) is 17.1 Å². The molecule has 0 saturated carbocycles. The van der Waals surface area contributed by atoms with E-state index in [4.69, 9.17) is 0 Å². The molecule has 0 aliphatic heterocycles. The third-order valence-electron chi connectivity index (χ3n) is 1.69. The Balaban J connectivity index is 3.38. The van der Waals surface area contributed by atoms with E-state index in [9.17, 15) is 39.3 Å². The summed E-state index contributed by atoms with van der Waals surface area (Å²) in [5.74, 6) is -14.7. The molecule has 1 unspecified atom stereocenters. The van der Waals surface area contributed by atoms with Gasteiger partial charge in [-0.25, -0.2) is 22.0 Å². The zero-order valence-corrected chi connectivity index (χ0v) is 8.86. The monoisotopic (exact) mass is 298 g/mol. The second-order valence-electron chi connectivity index (χ2n) is 3.00. The zero-order valence-electron chi connectivity index (χ0n) is 8.05. The molecule has 10 heteroatoms. The van der Waals surface area contributed by atoms with Gasteiger partial charge in [-0.15, -0.1) is 0 Å². The van der Waals surface area contributed by atoms with Crippen LogP contribution in [0.5, 0.6) is 0 Å². The third-order valence-corrected chi connectivity index (χ3v) is 3.10. The summed E-state index contributed by atoms with van der Waals surface area (Å²) in [6.07, 6.45) is -5.08. The summed E-state index contributed by atoms with van der Waals surface area (Å²) in [6, 6.07) is 0. The molecule has 1 atom stereocenters. The van der Waals surface area contributed by atoms with Gasteiger partial charge < -0.3 is 0 Å². The maximum Gasteiger partial charge on any atom is 0.400 e. The van der Waals surface area contributed by atoms with Gasteiger partial charge in [0.2, 0.25) is 5.82 Å². The van der Waals surface area contributed by atoms with E-state index in [1.54, 1.807) is 0 Å². The van der Waals surface area contributed by atoms with Crippen LogP contribution in [-0.4, -0.2) is 16.1 Å². The predicted octanol–water partition coefficient (Wildman–Crippen LogP) is 3.05. The average Bonchev–Trinajstić information content (AvgIpc) is 2.21. The van der Waals surface area contributed by atoms with Crippen molar-refractivity contribution in [2.45, 2.75) is 11.1 Å². The number of hydrogen-bond donors (Lipinski definition) is 0. The van der Waals surface area contributed by atoms with Crippen molar-refractivity contribution >= 4 is 10.8 Å². The van der Waals surface area contributed by atoms with Gasteiger partial charge in [0.25, 0.3) is 0 Å². The van der Waals surface area contributed by atoms with Crippen molar-refractivity contribution < 1.29 is 39.3 Å². The summed E-state index contributed by atoms with van der Waals surface area (Å²) < 4.78 is 110. The lowest BCUT2D eigenvalue weighted by molar-refractivity contribution is -0.105. The molecule has 0 aliphatic carbocycles. The first-order chi connectivity index (χ1) is 8.06.